The van der Waals surface area contributed by atoms with Crippen LogP contribution in [0, 0.1) is 0 Å². The Morgan fingerprint density at radius 3 is 2.57 bits per heavy atom. The second kappa shape index (κ2) is 6.71. The van der Waals surface area contributed by atoms with E-state index in [1.165, 1.54) is 12.3 Å². The van der Waals surface area contributed by atoms with Gasteiger partial charge in [0.1, 0.15) is 11.1 Å². The topological polar surface area (TPSA) is 101 Å². The number of alkyl halides is 1. The molecule has 6 nitrogen and oxygen atoms in total. The van der Waals surface area contributed by atoms with Crippen molar-refractivity contribution in [3.63, 3.8) is 0 Å². The number of hydrogen-bond acceptors (Lipinski definition) is 4. The van der Waals surface area contributed by atoms with E-state index >= 15 is 0 Å². The highest BCUT2D eigenvalue weighted by molar-refractivity contribution is 6.32. The van der Waals surface area contributed by atoms with E-state index < -0.39 is 5.38 Å². The number of nitrogens with zero attached hydrogens (tertiary/aromatic N) is 2. The SMILES string of the molecule is NC(=NO)c1ccc(NC(=O)C(Cl)c2ccccc2)cn1. The number of rotatable bonds is 4. The highest BCUT2D eigenvalue weighted by atomic mass is 35.5. The normalized spacial score (nSPS) is 12.7. The van der Waals surface area contributed by atoms with Crippen molar-refractivity contribution < 1.29 is 10.0 Å². The molecular weight excluding hydrogens is 292 g/mol. The van der Waals surface area contributed by atoms with Gasteiger partial charge in [-0.1, -0.05) is 35.5 Å². The molecule has 1 amide bonds. The van der Waals surface area contributed by atoms with Crippen LogP contribution in [-0.2, 0) is 4.79 Å². The van der Waals surface area contributed by atoms with Gasteiger partial charge in [-0.05, 0) is 17.7 Å². The number of hydrogen-bond donors (Lipinski definition) is 3. The molecule has 0 bridgehead atoms. The summed E-state index contributed by atoms with van der Waals surface area (Å²) in [6, 6.07) is 12.1. The van der Waals surface area contributed by atoms with Gasteiger partial charge in [-0.25, -0.2) is 0 Å². The van der Waals surface area contributed by atoms with E-state index in [9.17, 15) is 4.79 Å². The van der Waals surface area contributed by atoms with Crippen LogP contribution >= 0.6 is 11.6 Å². The third kappa shape index (κ3) is 3.70. The van der Waals surface area contributed by atoms with Crippen molar-refractivity contribution in [3.05, 3.63) is 59.9 Å². The van der Waals surface area contributed by atoms with Crippen LogP contribution < -0.4 is 11.1 Å². The predicted molar refractivity (Wildman–Crippen MR) is 80.4 cm³/mol. The Morgan fingerprint density at radius 1 is 1.29 bits per heavy atom. The summed E-state index contributed by atoms with van der Waals surface area (Å²) < 4.78 is 0. The summed E-state index contributed by atoms with van der Waals surface area (Å²) >= 11 is 6.11. The van der Waals surface area contributed by atoms with Gasteiger partial charge in [0.15, 0.2) is 5.84 Å². The van der Waals surface area contributed by atoms with Gasteiger partial charge < -0.3 is 16.3 Å². The zero-order valence-corrected chi connectivity index (χ0v) is 11.7. The van der Waals surface area contributed by atoms with Crippen LogP contribution in [0.4, 0.5) is 5.69 Å². The van der Waals surface area contributed by atoms with E-state index in [1.54, 1.807) is 18.2 Å². The number of halogens is 1. The maximum absolute atomic E-state index is 12.0. The molecule has 0 aliphatic rings. The van der Waals surface area contributed by atoms with Gasteiger partial charge in [-0.15, -0.1) is 11.6 Å². The number of nitrogens with two attached hydrogens (primary N) is 1. The van der Waals surface area contributed by atoms with Crippen molar-refractivity contribution in [2.75, 3.05) is 5.32 Å². The second-order valence-corrected chi connectivity index (χ2v) is 4.62. The van der Waals surface area contributed by atoms with Gasteiger partial charge in [0.25, 0.3) is 0 Å². The minimum atomic E-state index is -0.796. The number of aromatic nitrogens is 1. The Labute approximate surface area is 126 Å². The third-order valence-corrected chi connectivity index (χ3v) is 3.17. The average molecular weight is 305 g/mol. The standard InChI is InChI=1S/C14H13ClN4O2/c15-12(9-4-2-1-3-5-9)14(20)18-10-6-7-11(17-8-10)13(16)19-21/h1-8,12,21H,(H2,16,19)(H,18,20). The number of amides is 1. The number of amidine groups is 1. The molecule has 1 aromatic heterocycles. The molecule has 4 N–H and O–H groups in total. The molecule has 1 atom stereocenters. The predicted octanol–water partition coefficient (Wildman–Crippen LogP) is 2.09. The van der Waals surface area contributed by atoms with Crippen molar-refractivity contribution >= 4 is 29.0 Å². The molecule has 0 saturated carbocycles. The molecule has 0 aliphatic carbocycles. The molecule has 0 radical (unpaired) electrons. The van der Waals surface area contributed by atoms with Crippen LogP contribution in [0.25, 0.3) is 0 Å². The summed E-state index contributed by atoms with van der Waals surface area (Å²) in [5.74, 6) is -0.464. The second-order valence-electron chi connectivity index (χ2n) is 4.18. The number of anilines is 1. The van der Waals surface area contributed by atoms with Crippen LogP contribution in [0.1, 0.15) is 16.6 Å². The van der Waals surface area contributed by atoms with Gasteiger partial charge in [0, 0.05) is 0 Å². The van der Waals surface area contributed by atoms with E-state index in [2.05, 4.69) is 15.5 Å². The smallest absolute Gasteiger partial charge is 0.247 e. The molecule has 1 unspecified atom stereocenters. The molecule has 0 saturated heterocycles. The lowest BCUT2D eigenvalue weighted by Gasteiger charge is -2.10. The van der Waals surface area contributed by atoms with Crippen molar-refractivity contribution in [2.24, 2.45) is 10.9 Å². The fraction of sp³-hybridized carbons (Fsp3) is 0.0714. The molecule has 0 aliphatic heterocycles. The van der Waals surface area contributed by atoms with Crippen molar-refractivity contribution in [1.29, 1.82) is 0 Å². The quantitative estimate of drug-likeness (QED) is 0.265. The molecule has 0 fully saturated rings. The van der Waals surface area contributed by atoms with E-state index in [4.69, 9.17) is 22.5 Å². The summed E-state index contributed by atoms with van der Waals surface area (Å²) in [6.45, 7) is 0. The lowest BCUT2D eigenvalue weighted by atomic mass is 10.1. The zero-order valence-electron chi connectivity index (χ0n) is 10.9. The fourth-order valence-electron chi connectivity index (χ4n) is 1.65. The van der Waals surface area contributed by atoms with E-state index in [0.29, 0.717) is 16.9 Å². The number of benzene rings is 1. The number of pyridine rings is 1. The number of carbonyl (C=O) groups excluding carboxylic acids is 1. The van der Waals surface area contributed by atoms with Crippen LogP contribution in [0.3, 0.4) is 0 Å². The minimum Gasteiger partial charge on any atom is -0.409 e. The number of oxime groups is 1. The van der Waals surface area contributed by atoms with Crippen molar-refractivity contribution in [1.82, 2.24) is 4.98 Å². The third-order valence-electron chi connectivity index (χ3n) is 2.72. The van der Waals surface area contributed by atoms with Crippen LogP contribution in [0.5, 0.6) is 0 Å². The Kier molecular flexibility index (Phi) is 4.73. The maximum Gasteiger partial charge on any atom is 0.247 e. The molecule has 0 spiro atoms. The van der Waals surface area contributed by atoms with Crippen molar-refractivity contribution in [2.45, 2.75) is 5.38 Å². The fourth-order valence-corrected chi connectivity index (χ4v) is 1.85. The summed E-state index contributed by atoms with van der Waals surface area (Å²) in [7, 11) is 0. The summed E-state index contributed by atoms with van der Waals surface area (Å²) in [5.41, 5.74) is 6.88. The van der Waals surface area contributed by atoms with Gasteiger partial charge in [-0.3, -0.25) is 9.78 Å². The van der Waals surface area contributed by atoms with Gasteiger partial charge >= 0.3 is 0 Å². The average Bonchev–Trinajstić information content (AvgIpc) is 2.55. The maximum atomic E-state index is 12.0. The molecule has 7 heteroatoms. The van der Waals surface area contributed by atoms with Crippen molar-refractivity contribution in [3.8, 4) is 0 Å². The molecule has 21 heavy (non-hydrogen) atoms. The Hall–Kier alpha value is -2.60. The first-order valence-corrected chi connectivity index (χ1v) is 6.49. The van der Waals surface area contributed by atoms with Crippen LogP contribution in [-0.4, -0.2) is 21.9 Å². The van der Waals surface area contributed by atoms with E-state index in [0.717, 1.165) is 0 Å². The lowest BCUT2D eigenvalue weighted by Crippen LogP contribution is -2.18. The summed E-state index contributed by atoms with van der Waals surface area (Å²) in [5, 5.41) is 13.2. The summed E-state index contributed by atoms with van der Waals surface area (Å²) in [6.07, 6.45) is 1.40. The molecule has 108 valence electrons. The van der Waals surface area contributed by atoms with E-state index in [-0.39, 0.29) is 11.7 Å². The highest BCUT2D eigenvalue weighted by Crippen LogP contribution is 2.21. The summed E-state index contributed by atoms with van der Waals surface area (Å²) in [4.78, 5) is 16.0. The first kappa shape index (κ1) is 14.8. The van der Waals surface area contributed by atoms with E-state index in [1.807, 2.05) is 18.2 Å². The minimum absolute atomic E-state index is 0.104. The van der Waals surface area contributed by atoms with Crippen LogP contribution in [0.2, 0.25) is 0 Å². The van der Waals surface area contributed by atoms with Crippen LogP contribution in [0.15, 0.2) is 53.8 Å². The molecule has 1 aromatic carbocycles. The molecule has 2 rings (SSSR count). The first-order chi connectivity index (χ1) is 10.1. The lowest BCUT2D eigenvalue weighted by molar-refractivity contribution is -0.116. The number of carbonyl (C=O) groups is 1. The molecule has 2 aromatic rings. The monoisotopic (exact) mass is 304 g/mol. The Morgan fingerprint density at radius 2 is 2.00 bits per heavy atom. The molecule has 1 heterocycles. The molecular formula is C14H13ClN4O2. The number of nitrogens with one attached hydrogen (secondary N) is 1. The Bertz CT molecular complexity index is 644. The zero-order chi connectivity index (χ0) is 15.2. The van der Waals surface area contributed by atoms with Gasteiger partial charge in [0.2, 0.25) is 5.91 Å². The first-order valence-electron chi connectivity index (χ1n) is 6.05. The Balaban J connectivity index is 2.06. The highest BCUT2D eigenvalue weighted by Gasteiger charge is 2.17. The van der Waals surface area contributed by atoms with Gasteiger partial charge in [0.05, 0.1) is 11.9 Å². The van der Waals surface area contributed by atoms with Gasteiger partial charge in [-0.2, -0.15) is 0 Å². The largest absolute Gasteiger partial charge is 0.409 e.